The summed E-state index contributed by atoms with van der Waals surface area (Å²) in [6.45, 7) is 4.61. The first-order valence-corrected chi connectivity index (χ1v) is 10.5. The molecule has 0 amide bonds. The van der Waals surface area contributed by atoms with Crippen molar-refractivity contribution in [3.8, 4) is 0 Å². The molecular formula is C27H26N4. The zero-order chi connectivity index (χ0) is 21.4. The van der Waals surface area contributed by atoms with Crippen molar-refractivity contribution in [3.05, 3.63) is 108 Å². The molecule has 4 nitrogen and oxygen atoms in total. The highest BCUT2D eigenvalue weighted by Crippen LogP contribution is 2.51. The van der Waals surface area contributed by atoms with Crippen molar-refractivity contribution in [2.24, 2.45) is 5.84 Å². The molecule has 0 unspecified atom stereocenters. The molecule has 0 atom stereocenters. The second-order valence-corrected chi connectivity index (χ2v) is 8.36. The summed E-state index contributed by atoms with van der Waals surface area (Å²) in [4.78, 5) is 2.36. The SMILES string of the molecule is CC1(C)c2ccccc2N(c2ccc(Nc3ccccc3NN)cc2)c2ccccc21. The first kappa shape index (κ1) is 19.2. The van der Waals surface area contributed by atoms with E-state index in [-0.39, 0.29) is 5.41 Å². The molecule has 0 aliphatic carbocycles. The van der Waals surface area contributed by atoms with Gasteiger partial charge in [-0.05, 0) is 59.7 Å². The summed E-state index contributed by atoms with van der Waals surface area (Å²) in [6.07, 6.45) is 0. The summed E-state index contributed by atoms with van der Waals surface area (Å²) in [5.41, 5.74) is 11.7. The zero-order valence-corrected chi connectivity index (χ0v) is 17.8. The Hall–Kier alpha value is -3.76. The van der Waals surface area contributed by atoms with Gasteiger partial charge in [0.25, 0.3) is 0 Å². The van der Waals surface area contributed by atoms with E-state index in [9.17, 15) is 0 Å². The fourth-order valence-electron chi connectivity index (χ4n) is 4.51. The fourth-order valence-corrected chi connectivity index (χ4v) is 4.51. The molecule has 154 valence electrons. The molecule has 0 bridgehead atoms. The van der Waals surface area contributed by atoms with Gasteiger partial charge in [-0.15, -0.1) is 0 Å². The summed E-state index contributed by atoms with van der Waals surface area (Å²) in [5.74, 6) is 5.64. The van der Waals surface area contributed by atoms with Crippen LogP contribution in [0.4, 0.5) is 34.1 Å². The molecule has 0 radical (unpaired) electrons. The molecule has 0 aromatic heterocycles. The predicted octanol–water partition coefficient (Wildman–Crippen LogP) is 6.82. The van der Waals surface area contributed by atoms with Crippen molar-refractivity contribution in [2.75, 3.05) is 15.6 Å². The Bertz CT molecular complexity index is 1180. The van der Waals surface area contributed by atoms with Crippen LogP contribution in [0.1, 0.15) is 25.0 Å². The summed E-state index contributed by atoms with van der Waals surface area (Å²) in [5, 5.41) is 3.44. The van der Waals surface area contributed by atoms with Crippen LogP contribution in [0.5, 0.6) is 0 Å². The molecule has 1 heterocycles. The largest absolute Gasteiger partial charge is 0.354 e. The van der Waals surface area contributed by atoms with Crippen molar-refractivity contribution in [2.45, 2.75) is 19.3 Å². The minimum Gasteiger partial charge on any atom is -0.354 e. The van der Waals surface area contributed by atoms with Gasteiger partial charge >= 0.3 is 0 Å². The average molecular weight is 407 g/mol. The van der Waals surface area contributed by atoms with Crippen molar-refractivity contribution < 1.29 is 0 Å². The van der Waals surface area contributed by atoms with Gasteiger partial charge < -0.3 is 15.6 Å². The normalized spacial score (nSPS) is 13.8. The topological polar surface area (TPSA) is 53.3 Å². The van der Waals surface area contributed by atoms with Gasteiger partial charge in [-0.1, -0.05) is 62.4 Å². The second-order valence-electron chi connectivity index (χ2n) is 8.36. The van der Waals surface area contributed by atoms with Gasteiger partial charge in [0, 0.05) is 16.8 Å². The summed E-state index contributed by atoms with van der Waals surface area (Å²) < 4.78 is 0. The van der Waals surface area contributed by atoms with Crippen molar-refractivity contribution in [3.63, 3.8) is 0 Å². The van der Waals surface area contributed by atoms with Crippen molar-refractivity contribution >= 4 is 34.1 Å². The third-order valence-electron chi connectivity index (χ3n) is 6.12. The van der Waals surface area contributed by atoms with Crippen molar-refractivity contribution in [1.82, 2.24) is 0 Å². The molecule has 4 N–H and O–H groups in total. The Morgan fingerprint density at radius 2 is 1.16 bits per heavy atom. The molecule has 0 spiro atoms. The lowest BCUT2D eigenvalue weighted by Crippen LogP contribution is -2.30. The Labute approximate surface area is 183 Å². The van der Waals surface area contributed by atoms with Gasteiger partial charge in [-0.25, -0.2) is 0 Å². The Morgan fingerprint density at radius 1 is 0.645 bits per heavy atom. The van der Waals surface area contributed by atoms with E-state index >= 15 is 0 Å². The highest BCUT2D eigenvalue weighted by atomic mass is 15.2. The number of fused-ring (bicyclic) bond motifs is 2. The van der Waals surface area contributed by atoms with Gasteiger partial charge in [-0.3, -0.25) is 5.84 Å². The van der Waals surface area contributed by atoms with E-state index in [0.29, 0.717) is 0 Å². The van der Waals surface area contributed by atoms with Gasteiger partial charge in [0.15, 0.2) is 0 Å². The first-order valence-electron chi connectivity index (χ1n) is 10.5. The summed E-state index contributed by atoms with van der Waals surface area (Å²) >= 11 is 0. The molecule has 4 heteroatoms. The number of para-hydroxylation sites is 4. The fraction of sp³-hybridized carbons (Fsp3) is 0.111. The van der Waals surface area contributed by atoms with Gasteiger partial charge in [0.2, 0.25) is 0 Å². The molecular weight excluding hydrogens is 380 g/mol. The van der Waals surface area contributed by atoms with E-state index in [1.165, 1.54) is 22.5 Å². The first-order chi connectivity index (χ1) is 15.1. The van der Waals surface area contributed by atoms with Gasteiger partial charge in [0.1, 0.15) is 0 Å². The van der Waals surface area contributed by atoms with Crippen LogP contribution in [0.25, 0.3) is 0 Å². The molecule has 4 aromatic rings. The molecule has 0 saturated heterocycles. The van der Waals surface area contributed by atoms with E-state index in [2.05, 4.69) is 102 Å². The second kappa shape index (κ2) is 7.49. The van der Waals surface area contributed by atoms with E-state index in [4.69, 9.17) is 5.84 Å². The maximum atomic E-state index is 5.64. The standard InChI is InChI=1S/C27H26N4/c1-27(2)21-9-3-7-13-25(21)31(26-14-8-4-10-22(26)27)20-17-15-19(16-18-20)29-23-11-5-6-12-24(23)30-28/h3-18,29-30H,28H2,1-2H3. The van der Waals surface area contributed by atoms with E-state index < -0.39 is 0 Å². The van der Waals surface area contributed by atoms with Crippen LogP contribution in [0.3, 0.4) is 0 Å². The van der Waals surface area contributed by atoms with Crippen LogP contribution in [-0.2, 0) is 5.41 Å². The van der Waals surface area contributed by atoms with E-state index in [1.807, 2.05) is 24.3 Å². The average Bonchev–Trinajstić information content (AvgIpc) is 2.81. The number of hydrogen-bond donors (Lipinski definition) is 3. The molecule has 5 rings (SSSR count). The molecule has 1 aliphatic rings. The number of benzene rings is 4. The Morgan fingerprint density at radius 3 is 1.74 bits per heavy atom. The number of nitrogens with zero attached hydrogens (tertiary/aromatic N) is 1. The van der Waals surface area contributed by atoms with Crippen molar-refractivity contribution in [1.29, 1.82) is 0 Å². The van der Waals surface area contributed by atoms with Crippen LogP contribution < -0.4 is 21.5 Å². The molecule has 4 aromatic carbocycles. The van der Waals surface area contributed by atoms with Gasteiger partial charge in [-0.2, -0.15) is 0 Å². The number of hydrazine groups is 1. The van der Waals surface area contributed by atoms with Gasteiger partial charge in [0.05, 0.1) is 22.7 Å². The highest BCUT2D eigenvalue weighted by molar-refractivity contribution is 5.86. The maximum absolute atomic E-state index is 5.64. The number of nitrogen functional groups attached to an aromatic ring is 1. The van der Waals surface area contributed by atoms with Crippen LogP contribution >= 0.6 is 0 Å². The Kier molecular flexibility index (Phi) is 4.64. The molecule has 0 fully saturated rings. The maximum Gasteiger partial charge on any atom is 0.0721 e. The number of hydrogen-bond acceptors (Lipinski definition) is 4. The van der Waals surface area contributed by atoms with Crippen LogP contribution in [-0.4, -0.2) is 0 Å². The van der Waals surface area contributed by atoms with Crippen LogP contribution in [0.2, 0.25) is 0 Å². The lowest BCUT2D eigenvalue weighted by atomic mass is 9.73. The Balaban J connectivity index is 1.55. The van der Waals surface area contributed by atoms with Crippen LogP contribution in [0.15, 0.2) is 97.1 Å². The number of rotatable bonds is 4. The van der Waals surface area contributed by atoms with E-state index in [0.717, 1.165) is 22.7 Å². The molecule has 31 heavy (non-hydrogen) atoms. The lowest BCUT2D eigenvalue weighted by molar-refractivity contribution is 0.632. The summed E-state index contributed by atoms with van der Waals surface area (Å²) in [6, 6.07) is 33.8. The van der Waals surface area contributed by atoms with E-state index in [1.54, 1.807) is 0 Å². The van der Waals surface area contributed by atoms with Crippen LogP contribution in [0, 0.1) is 0 Å². The third kappa shape index (κ3) is 3.22. The molecule has 0 saturated carbocycles. The minimum atomic E-state index is -0.0515. The third-order valence-corrected chi connectivity index (χ3v) is 6.12. The lowest BCUT2D eigenvalue weighted by Gasteiger charge is -2.42. The number of anilines is 6. The summed E-state index contributed by atoms with van der Waals surface area (Å²) in [7, 11) is 0. The number of nitrogens with two attached hydrogens (primary N) is 1. The quantitative estimate of drug-likeness (QED) is 0.257. The number of nitrogens with one attached hydrogen (secondary N) is 2. The monoisotopic (exact) mass is 406 g/mol. The highest BCUT2D eigenvalue weighted by Gasteiger charge is 2.36. The zero-order valence-electron chi connectivity index (χ0n) is 17.8. The molecule has 1 aliphatic heterocycles. The smallest absolute Gasteiger partial charge is 0.0721 e. The predicted molar refractivity (Wildman–Crippen MR) is 131 cm³/mol. The minimum absolute atomic E-state index is 0.0515.